The van der Waals surface area contributed by atoms with Gasteiger partial charge >= 0.3 is 0 Å². The van der Waals surface area contributed by atoms with E-state index in [-0.39, 0.29) is 5.91 Å². The number of carbonyl (C=O) groups is 1. The second kappa shape index (κ2) is 8.10. The van der Waals surface area contributed by atoms with Gasteiger partial charge in [0.15, 0.2) is 0 Å². The summed E-state index contributed by atoms with van der Waals surface area (Å²) < 4.78 is 0. The van der Waals surface area contributed by atoms with Crippen molar-refractivity contribution in [2.75, 3.05) is 25.0 Å². The normalized spacial score (nSPS) is 10.7. The Bertz CT molecular complexity index is 449. The monoisotopic (exact) mass is 297 g/mol. The Kier molecular flexibility index (Phi) is 6.79. The van der Waals surface area contributed by atoms with E-state index in [1.165, 1.54) is 0 Å². The Morgan fingerprint density at radius 3 is 2.65 bits per heavy atom. The molecule has 0 saturated heterocycles. The molecule has 112 valence electrons. The third-order valence-corrected chi connectivity index (χ3v) is 3.16. The lowest BCUT2D eigenvalue weighted by Crippen LogP contribution is -2.34. The van der Waals surface area contributed by atoms with Crippen LogP contribution in [0.25, 0.3) is 0 Å². The quantitative estimate of drug-likeness (QED) is 0.835. The van der Waals surface area contributed by atoms with Gasteiger partial charge < -0.3 is 10.2 Å². The van der Waals surface area contributed by atoms with E-state index in [4.69, 9.17) is 11.6 Å². The van der Waals surface area contributed by atoms with Gasteiger partial charge in [0.1, 0.15) is 11.5 Å². The van der Waals surface area contributed by atoms with E-state index in [1.807, 2.05) is 6.92 Å². The fraction of sp³-hybridized carbons (Fsp3) is 0.600. The molecule has 4 nitrogen and oxygen atoms in total. The Morgan fingerprint density at radius 2 is 2.10 bits per heavy atom. The number of halogens is 1. The van der Waals surface area contributed by atoms with Crippen LogP contribution in [0.15, 0.2) is 12.1 Å². The summed E-state index contributed by atoms with van der Waals surface area (Å²) >= 11 is 6.12. The highest BCUT2D eigenvalue weighted by atomic mass is 35.5. The van der Waals surface area contributed by atoms with Crippen LogP contribution in [0, 0.1) is 5.92 Å². The van der Waals surface area contributed by atoms with Gasteiger partial charge in [0.25, 0.3) is 5.91 Å². The van der Waals surface area contributed by atoms with Crippen LogP contribution in [-0.4, -0.2) is 35.4 Å². The number of nitrogens with one attached hydrogen (secondary N) is 1. The van der Waals surface area contributed by atoms with Gasteiger partial charge in [-0.15, -0.1) is 0 Å². The highest BCUT2D eigenvalue weighted by Gasteiger charge is 2.20. The van der Waals surface area contributed by atoms with Gasteiger partial charge in [-0.25, -0.2) is 4.98 Å². The highest BCUT2D eigenvalue weighted by Crippen LogP contribution is 2.19. The molecular weight excluding hydrogens is 274 g/mol. The predicted molar refractivity (Wildman–Crippen MR) is 84.4 cm³/mol. The zero-order valence-electron chi connectivity index (χ0n) is 12.7. The van der Waals surface area contributed by atoms with Crippen molar-refractivity contribution in [1.29, 1.82) is 0 Å². The number of amides is 1. The van der Waals surface area contributed by atoms with E-state index >= 15 is 0 Å². The van der Waals surface area contributed by atoms with Gasteiger partial charge in [-0.3, -0.25) is 4.79 Å². The molecule has 0 unspecified atom stereocenters. The molecule has 1 amide bonds. The van der Waals surface area contributed by atoms with E-state index < -0.39 is 0 Å². The standard InChI is InChI=1S/C15H24ClN3O/c1-5-9-17-13-8-7-12(16)14(18-13)15(20)19(6-2)10-11(3)4/h7-8,11H,5-6,9-10H2,1-4H3,(H,17,18). The molecule has 0 radical (unpaired) electrons. The fourth-order valence-electron chi connectivity index (χ4n) is 1.89. The Morgan fingerprint density at radius 1 is 1.40 bits per heavy atom. The number of nitrogens with zero attached hydrogens (tertiary/aromatic N) is 2. The molecule has 20 heavy (non-hydrogen) atoms. The van der Waals surface area contributed by atoms with Crippen molar-refractivity contribution in [3.05, 3.63) is 22.8 Å². The van der Waals surface area contributed by atoms with E-state index in [2.05, 4.69) is 31.1 Å². The van der Waals surface area contributed by atoms with Crippen LogP contribution in [0.4, 0.5) is 5.82 Å². The molecule has 1 rings (SSSR count). The van der Waals surface area contributed by atoms with Crippen molar-refractivity contribution < 1.29 is 4.79 Å². The van der Waals surface area contributed by atoms with Crippen molar-refractivity contribution in [1.82, 2.24) is 9.88 Å². The zero-order valence-corrected chi connectivity index (χ0v) is 13.5. The van der Waals surface area contributed by atoms with Gasteiger partial charge in [-0.05, 0) is 31.4 Å². The average molecular weight is 298 g/mol. The van der Waals surface area contributed by atoms with Crippen molar-refractivity contribution in [2.24, 2.45) is 5.92 Å². The number of hydrogen-bond donors (Lipinski definition) is 1. The minimum atomic E-state index is -0.105. The molecule has 0 aliphatic rings. The van der Waals surface area contributed by atoms with Crippen LogP contribution in [0.1, 0.15) is 44.6 Å². The van der Waals surface area contributed by atoms with Crippen LogP contribution >= 0.6 is 11.6 Å². The predicted octanol–water partition coefficient (Wildman–Crippen LogP) is 3.68. The average Bonchev–Trinajstić information content (AvgIpc) is 2.43. The molecular formula is C15H24ClN3O. The van der Waals surface area contributed by atoms with Crippen molar-refractivity contribution in [3.8, 4) is 0 Å². The number of carbonyl (C=O) groups excluding carboxylic acids is 1. The molecule has 0 aromatic carbocycles. The van der Waals surface area contributed by atoms with Crippen LogP contribution in [-0.2, 0) is 0 Å². The number of anilines is 1. The summed E-state index contributed by atoms with van der Waals surface area (Å²) in [6.45, 7) is 10.4. The highest BCUT2D eigenvalue weighted by molar-refractivity contribution is 6.33. The third-order valence-electron chi connectivity index (χ3n) is 2.86. The fourth-order valence-corrected chi connectivity index (χ4v) is 2.08. The summed E-state index contributed by atoms with van der Waals surface area (Å²) in [6.07, 6.45) is 1.00. The molecule has 5 heteroatoms. The lowest BCUT2D eigenvalue weighted by atomic mass is 10.2. The van der Waals surface area contributed by atoms with Crippen LogP contribution in [0.5, 0.6) is 0 Å². The minimum absolute atomic E-state index is 0.105. The second-order valence-electron chi connectivity index (χ2n) is 5.19. The third kappa shape index (κ3) is 4.67. The summed E-state index contributed by atoms with van der Waals surface area (Å²) in [5.74, 6) is 1.01. The van der Waals surface area contributed by atoms with Crippen LogP contribution < -0.4 is 5.32 Å². The van der Waals surface area contributed by atoms with Gasteiger partial charge in [-0.1, -0.05) is 32.4 Å². The lowest BCUT2D eigenvalue weighted by Gasteiger charge is -2.23. The Balaban J connectivity index is 2.94. The maximum atomic E-state index is 12.5. The number of rotatable bonds is 7. The van der Waals surface area contributed by atoms with Gasteiger partial charge in [-0.2, -0.15) is 0 Å². The van der Waals surface area contributed by atoms with E-state index in [1.54, 1.807) is 17.0 Å². The van der Waals surface area contributed by atoms with Crippen molar-refractivity contribution in [3.63, 3.8) is 0 Å². The topological polar surface area (TPSA) is 45.2 Å². The summed E-state index contributed by atoms with van der Waals surface area (Å²) in [6, 6.07) is 3.52. The SMILES string of the molecule is CCCNc1ccc(Cl)c(C(=O)N(CC)CC(C)C)n1. The summed E-state index contributed by atoms with van der Waals surface area (Å²) in [5.41, 5.74) is 0.329. The molecule has 0 bridgehead atoms. The molecule has 1 aromatic rings. The number of hydrogen-bond acceptors (Lipinski definition) is 3. The summed E-state index contributed by atoms with van der Waals surface area (Å²) in [7, 11) is 0. The van der Waals surface area contributed by atoms with Gasteiger partial charge in [0, 0.05) is 19.6 Å². The first-order valence-corrected chi connectivity index (χ1v) is 7.57. The van der Waals surface area contributed by atoms with Gasteiger partial charge in [0.05, 0.1) is 5.02 Å². The molecule has 0 atom stereocenters. The van der Waals surface area contributed by atoms with E-state index in [0.29, 0.717) is 35.5 Å². The minimum Gasteiger partial charge on any atom is -0.370 e. The summed E-state index contributed by atoms with van der Waals surface area (Å²) in [4.78, 5) is 18.6. The summed E-state index contributed by atoms with van der Waals surface area (Å²) in [5, 5.41) is 3.58. The molecule has 0 aliphatic carbocycles. The Hall–Kier alpha value is -1.29. The van der Waals surface area contributed by atoms with Gasteiger partial charge in [0.2, 0.25) is 0 Å². The number of pyridine rings is 1. The van der Waals surface area contributed by atoms with Crippen LogP contribution in [0.3, 0.4) is 0 Å². The van der Waals surface area contributed by atoms with Crippen LogP contribution in [0.2, 0.25) is 5.02 Å². The first kappa shape index (κ1) is 16.8. The Labute approximate surface area is 126 Å². The largest absolute Gasteiger partial charge is 0.370 e. The molecule has 0 saturated carbocycles. The lowest BCUT2D eigenvalue weighted by molar-refractivity contribution is 0.0740. The first-order valence-electron chi connectivity index (χ1n) is 7.19. The second-order valence-corrected chi connectivity index (χ2v) is 5.60. The first-order chi connectivity index (χ1) is 9.49. The maximum Gasteiger partial charge on any atom is 0.274 e. The molecule has 0 aliphatic heterocycles. The van der Waals surface area contributed by atoms with Crippen molar-refractivity contribution in [2.45, 2.75) is 34.1 Å². The molecule has 1 N–H and O–H groups in total. The van der Waals surface area contributed by atoms with E-state index in [0.717, 1.165) is 13.0 Å². The zero-order chi connectivity index (χ0) is 15.1. The maximum absolute atomic E-state index is 12.5. The molecule has 1 aromatic heterocycles. The molecule has 1 heterocycles. The number of aromatic nitrogens is 1. The van der Waals surface area contributed by atoms with Crippen molar-refractivity contribution >= 4 is 23.3 Å². The molecule has 0 spiro atoms. The smallest absolute Gasteiger partial charge is 0.274 e. The van der Waals surface area contributed by atoms with E-state index in [9.17, 15) is 4.79 Å². The molecule has 0 fully saturated rings.